The Morgan fingerprint density at radius 2 is 2.07 bits per heavy atom. The van der Waals surface area contributed by atoms with Gasteiger partial charge in [-0.1, -0.05) is 41.6 Å². The highest BCUT2D eigenvalue weighted by molar-refractivity contribution is 8.00. The van der Waals surface area contributed by atoms with Crippen molar-refractivity contribution in [1.82, 2.24) is 15.2 Å². The van der Waals surface area contributed by atoms with Gasteiger partial charge < -0.3 is 9.64 Å². The van der Waals surface area contributed by atoms with Gasteiger partial charge in [0, 0.05) is 17.3 Å². The number of benzene rings is 2. The molecule has 0 radical (unpaired) electrons. The van der Waals surface area contributed by atoms with Crippen molar-refractivity contribution >= 4 is 35.0 Å². The second-order valence-electron chi connectivity index (χ2n) is 6.39. The van der Waals surface area contributed by atoms with E-state index in [4.69, 9.17) is 16.3 Å². The van der Waals surface area contributed by atoms with Gasteiger partial charge in [-0.05, 0) is 43.2 Å². The summed E-state index contributed by atoms with van der Waals surface area (Å²) in [5.41, 5.74) is 1.66. The summed E-state index contributed by atoms with van der Waals surface area (Å²) in [4.78, 5) is 19.3. The number of para-hydroxylation sites is 1. The van der Waals surface area contributed by atoms with Crippen LogP contribution in [0.25, 0.3) is 11.4 Å². The van der Waals surface area contributed by atoms with E-state index < -0.39 is 0 Å². The molecule has 0 aliphatic carbocycles. The van der Waals surface area contributed by atoms with Gasteiger partial charge in [-0.15, -0.1) is 5.10 Å². The van der Waals surface area contributed by atoms with Gasteiger partial charge in [-0.3, -0.25) is 9.89 Å². The fourth-order valence-corrected chi connectivity index (χ4v) is 4.41. The van der Waals surface area contributed by atoms with Gasteiger partial charge in [0.05, 0.1) is 17.9 Å². The molecule has 1 amide bonds. The number of nitrogens with zero attached hydrogens (tertiary/aromatic N) is 3. The van der Waals surface area contributed by atoms with Gasteiger partial charge in [-0.2, -0.15) is 0 Å². The molecule has 1 N–H and O–H groups in total. The lowest BCUT2D eigenvalue weighted by Gasteiger charge is -2.31. The zero-order valence-electron chi connectivity index (χ0n) is 15.3. The van der Waals surface area contributed by atoms with Crippen LogP contribution in [-0.4, -0.2) is 40.0 Å². The first-order chi connectivity index (χ1) is 13.7. The number of H-pyrrole nitrogens is 1. The SMILES string of the molecule is COc1ccc(Cl)cc1-c1nc(SC2CCCN(c3ccccc3)C2=O)n[nH]1. The van der Waals surface area contributed by atoms with Crippen LogP contribution >= 0.6 is 23.4 Å². The number of carbonyl (C=O) groups is 1. The van der Waals surface area contributed by atoms with Crippen LogP contribution in [0.5, 0.6) is 5.75 Å². The Bertz CT molecular complexity index is 979. The lowest BCUT2D eigenvalue weighted by molar-refractivity contribution is -0.119. The first-order valence-corrected chi connectivity index (χ1v) is 10.2. The van der Waals surface area contributed by atoms with E-state index in [1.165, 1.54) is 11.8 Å². The van der Waals surface area contributed by atoms with Crippen LogP contribution in [0.15, 0.2) is 53.7 Å². The van der Waals surface area contributed by atoms with E-state index in [0.29, 0.717) is 21.8 Å². The summed E-state index contributed by atoms with van der Waals surface area (Å²) in [7, 11) is 1.59. The lowest BCUT2D eigenvalue weighted by Crippen LogP contribution is -2.43. The number of halogens is 1. The molecule has 2 aromatic carbocycles. The van der Waals surface area contributed by atoms with Gasteiger partial charge in [0.15, 0.2) is 5.82 Å². The molecule has 1 aliphatic rings. The average Bonchev–Trinajstić information content (AvgIpc) is 3.18. The summed E-state index contributed by atoms with van der Waals surface area (Å²) >= 11 is 7.49. The van der Waals surface area contributed by atoms with Crippen molar-refractivity contribution in [3.05, 3.63) is 53.6 Å². The topological polar surface area (TPSA) is 71.1 Å². The zero-order chi connectivity index (χ0) is 19.5. The highest BCUT2D eigenvalue weighted by atomic mass is 35.5. The van der Waals surface area contributed by atoms with Gasteiger partial charge in [-0.25, -0.2) is 4.98 Å². The van der Waals surface area contributed by atoms with Crippen LogP contribution in [-0.2, 0) is 4.79 Å². The maximum atomic E-state index is 13.0. The number of amides is 1. The maximum absolute atomic E-state index is 13.0. The van der Waals surface area contributed by atoms with Crippen LogP contribution in [0.2, 0.25) is 5.02 Å². The number of piperidine rings is 1. The molecule has 1 unspecified atom stereocenters. The number of aromatic nitrogens is 3. The number of hydrogen-bond acceptors (Lipinski definition) is 5. The third-order valence-corrected chi connectivity index (χ3v) is 5.94. The monoisotopic (exact) mass is 414 g/mol. The molecule has 3 aromatic rings. The molecule has 1 aliphatic heterocycles. The van der Waals surface area contributed by atoms with Crippen molar-refractivity contribution in [2.24, 2.45) is 0 Å². The van der Waals surface area contributed by atoms with Crippen molar-refractivity contribution in [3.8, 4) is 17.1 Å². The molecule has 28 heavy (non-hydrogen) atoms. The third kappa shape index (κ3) is 3.86. The first-order valence-electron chi connectivity index (χ1n) is 8.95. The Hall–Kier alpha value is -2.51. The van der Waals surface area contributed by atoms with Crippen LogP contribution in [0, 0.1) is 0 Å². The summed E-state index contributed by atoms with van der Waals surface area (Å²) < 4.78 is 5.38. The Balaban J connectivity index is 1.53. The lowest BCUT2D eigenvalue weighted by atomic mass is 10.1. The second kappa shape index (κ2) is 8.24. The Labute approximate surface area is 172 Å². The van der Waals surface area contributed by atoms with Crippen molar-refractivity contribution in [2.75, 3.05) is 18.6 Å². The molecule has 1 atom stereocenters. The second-order valence-corrected chi connectivity index (χ2v) is 7.99. The minimum absolute atomic E-state index is 0.0918. The first kappa shape index (κ1) is 18.8. The van der Waals surface area contributed by atoms with Gasteiger partial charge >= 0.3 is 0 Å². The zero-order valence-corrected chi connectivity index (χ0v) is 16.8. The van der Waals surface area contributed by atoms with E-state index in [1.807, 2.05) is 35.2 Å². The Kier molecular flexibility index (Phi) is 5.54. The number of methoxy groups -OCH3 is 1. The number of aromatic amines is 1. The van der Waals surface area contributed by atoms with E-state index in [9.17, 15) is 4.79 Å². The number of carbonyl (C=O) groups excluding carboxylic acids is 1. The minimum atomic E-state index is -0.209. The average molecular weight is 415 g/mol. The Morgan fingerprint density at radius 1 is 1.25 bits per heavy atom. The fourth-order valence-electron chi connectivity index (χ4n) is 3.23. The van der Waals surface area contributed by atoms with E-state index >= 15 is 0 Å². The van der Waals surface area contributed by atoms with Crippen molar-refractivity contribution in [2.45, 2.75) is 23.2 Å². The molecule has 0 saturated carbocycles. The number of rotatable bonds is 5. The predicted octanol–water partition coefficient (Wildman–Crippen LogP) is 4.42. The van der Waals surface area contributed by atoms with E-state index in [2.05, 4.69) is 15.2 Å². The quantitative estimate of drug-likeness (QED) is 0.669. The van der Waals surface area contributed by atoms with Crippen molar-refractivity contribution in [1.29, 1.82) is 0 Å². The fraction of sp³-hybridized carbons (Fsp3) is 0.250. The van der Waals surface area contributed by atoms with Crippen LogP contribution in [0.3, 0.4) is 0 Å². The van der Waals surface area contributed by atoms with Gasteiger partial charge in [0.25, 0.3) is 0 Å². The number of nitrogens with one attached hydrogen (secondary N) is 1. The van der Waals surface area contributed by atoms with Crippen LogP contribution in [0.4, 0.5) is 5.69 Å². The molecular weight excluding hydrogens is 396 g/mol. The molecular formula is C20H19ClN4O2S. The van der Waals surface area contributed by atoms with E-state index in [-0.39, 0.29) is 11.2 Å². The summed E-state index contributed by atoms with van der Waals surface area (Å²) in [6.07, 6.45) is 1.74. The predicted molar refractivity (Wildman–Crippen MR) is 111 cm³/mol. The third-order valence-electron chi connectivity index (χ3n) is 4.59. The van der Waals surface area contributed by atoms with Crippen LogP contribution < -0.4 is 9.64 Å². The molecule has 8 heteroatoms. The largest absolute Gasteiger partial charge is 0.496 e. The number of hydrogen-bond donors (Lipinski definition) is 1. The van der Waals surface area contributed by atoms with Crippen LogP contribution in [0.1, 0.15) is 12.8 Å². The molecule has 1 fully saturated rings. The molecule has 0 bridgehead atoms. The molecule has 2 heterocycles. The molecule has 4 rings (SSSR count). The number of thioether (sulfide) groups is 1. The van der Waals surface area contributed by atoms with Crippen molar-refractivity contribution < 1.29 is 9.53 Å². The number of ether oxygens (including phenoxy) is 1. The van der Waals surface area contributed by atoms with Gasteiger partial charge in [0.1, 0.15) is 5.75 Å². The molecule has 1 aromatic heterocycles. The summed E-state index contributed by atoms with van der Waals surface area (Å²) in [6.45, 7) is 0.735. The summed E-state index contributed by atoms with van der Waals surface area (Å²) in [6, 6.07) is 15.1. The number of anilines is 1. The highest BCUT2D eigenvalue weighted by Gasteiger charge is 2.31. The highest BCUT2D eigenvalue weighted by Crippen LogP contribution is 2.34. The Morgan fingerprint density at radius 3 is 2.86 bits per heavy atom. The summed E-state index contributed by atoms with van der Waals surface area (Å²) in [5.74, 6) is 1.31. The smallest absolute Gasteiger partial charge is 0.240 e. The maximum Gasteiger partial charge on any atom is 0.240 e. The summed E-state index contributed by atoms with van der Waals surface area (Å²) in [5, 5.41) is 8.12. The molecule has 6 nitrogen and oxygen atoms in total. The minimum Gasteiger partial charge on any atom is -0.496 e. The van der Waals surface area contributed by atoms with E-state index in [1.54, 1.807) is 25.3 Å². The molecule has 1 saturated heterocycles. The standard InChI is InChI=1S/C20H19ClN4O2S/c1-27-16-10-9-13(21)12-15(16)18-22-20(24-23-18)28-17-8-5-11-25(19(17)26)14-6-3-2-4-7-14/h2-4,6-7,9-10,12,17H,5,8,11H2,1H3,(H,22,23,24). The van der Waals surface area contributed by atoms with Crippen molar-refractivity contribution in [3.63, 3.8) is 0 Å². The van der Waals surface area contributed by atoms with Gasteiger partial charge in [0.2, 0.25) is 11.1 Å². The van der Waals surface area contributed by atoms with E-state index in [0.717, 1.165) is 30.6 Å². The normalized spacial score (nSPS) is 17.0. The molecule has 0 spiro atoms. The molecule has 144 valence electrons.